The third-order valence-corrected chi connectivity index (χ3v) is 1.91. The first kappa shape index (κ1) is 8.87. The van der Waals surface area contributed by atoms with Gasteiger partial charge in [0, 0.05) is 6.04 Å². The van der Waals surface area contributed by atoms with Gasteiger partial charge in [-0.15, -0.1) is 4.41 Å². The second-order valence-electron chi connectivity index (χ2n) is 1.90. The van der Waals surface area contributed by atoms with Crippen LogP contribution in [-0.2, 0) is 10.9 Å². The van der Waals surface area contributed by atoms with Crippen LogP contribution in [0.15, 0.2) is 0 Å². The molecule has 1 N–H and O–H groups in total. The van der Waals surface area contributed by atoms with E-state index in [2.05, 4.69) is 5.43 Å². The van der Waals surface area contributed by atoms with Gasteiger partial charge in [0.2, 0.25) is 10.9 Å². The molecule has 56 valence electrons. The Hall–Kier alpha value is -0.130. The van der Waals surface area contributed by atoms with Crippen LogP contribution in [0.4, 0.5) is 0 Å². The molecule has 0 heterocycles. The Bertz CT molecular complexity index is 136. The lowest BCUT2D eigenvalue weighted by atomic mass is 10.4. The molecular weight excluding hydrogens is 140 g/mol. The van der Waals surface area contributed by atoms with E-state index in [4.69, 9.17) is 0 Å². The summed E-state index contributed by atoms with van der Waals surface area (Å²) in [6.45, 7) is 3.59. The largest absolute Gasteiger partial charge is 0.245 e. The molecular formula is C4H12N2O2S. The van der Waals surface area contributed by atoms with Gasteiger partial charge in [-0.2, -0.15) is 0 Å². The number of nitrogens with zero attached hydrogens (tertiary/aromatic N) is 1. The van der Waals surface area contributed by atoms with E-state index in [1.165, 1.54) is 0 Å². The molecule has 0 bridgehead atoms. The van der Waals surface area contributed by atoms with E-state index in [0.29, 0.717) is 0 Å². The Morgan fingerprint density at radius 3 is 1.89 bits per heavy atom. The van der Waals surface area contributed by atoms with Crippen molar-refractivity contribution in [1.82, 2.24) is 9.84 Å². The number of hydrazine groups is 1. The van der Waals surface area contributed by atoms with Gasteiger partial charge in [-0.25, -0.2) is 13.8 Å². The van der Waals surface area contributed by atoms with Crippen LogP contribution >= 0.6 is 0 Å². The summed E-state index contributed by atoms with van der Waals surface area (Å²) >= 11 is 0. The molecule has 0 fully saturated rings. The smallest absolute Gasteiger partial charge is 0.216 e. The topological polar surface area (TPSA) is 49.4 Å². The molecule has 0 saturated carbocycles. The highest BCUT2D eigenvalue weighted by Crippen LogP contribution is 1.90. The summed E-state index contributed by atoms with van der Waals surface area (Å²) in [4.78, 5) is 0. The summed E-state index contributed by atoms with van der Waals surface area (Å²) in [5.41, 5.74) is 2.54. The molecule has 0 aromatic carbocycles. The summed E-state index contributed by atoms with van der Waals surface area (Å²) in [5.74, 6) is 0. The SMILES string of the molecule is CNN(C(C)C)[SH](=O)=O. The predicted molar refractivity (Wildman–Crippen MR) is 36.3 cm³/mol. The van der Waals surface area contributed by atoms with Crippen molar-refractivity contribution in [2.75, 3.05) is 7.05 Å². The van der Waals surface area contributed by atoms with Crippen LogP contribution in [0.3, 0.4) is 0 Å². The van der Waals surface area contributed by atoms with E-state index < -0.39 is 10.9 Å². The van der Waals surface area contributed by atoms with Crippen LogP contribution in [0.5, 0.6) is 0 Å². The maximum Gasteiger partial charge on any atom is 0.216 e. The molecule has 0 unspecified atom stereocenters. The van der Waals surface area contributed by atoms with Crippen LogP contribution in [-0.4, -0.2) is 25.9 Å². The highest BCUT2D eigenvalue weighted by Gasteiger charge is 2.06. The van der Waals surface area contributed by atoms with E-state index in [-0.39, 0.29) is 6.04 Å². The number of thiol groups is 1. The first-order valence-corrected chi connectivity index (χ1v) is 3.83. The highest BCUT2D eigenvalue weighted by atomic mass is 32.2. The van der Waals surface area contributed by atoms with Crippen LogP contribution in [0.1, 0.15) is 13.8 Å². The van der Waals surface area contributed by atoms with Gasteiger partial charge in [-0.3, -0.25) is 0 Å². The average molecular weight is 152 g/mol. The van der Waals surface area contributed by atoms with Gasteiger partial charge in [-0.1, -0.05) is 0 Å². The van der Waals surface area contributed by atoms with Crippen molar-refractivity contribution in [2.24, 2.45) is 0 Å². The summed E-state index contributed by atoms with van der Waals surface area (Å²) < 4.78 is 21.7. The molecule has 4 nitrogen and oxygen atoms in total. The fourth-order valence-corrected chi connectivity index (χ4v) is 1.07. The van der Waals surface area contributed by atoms with Crippen LogP contribution in [0.2, 0.25) is 0 Å². The number of hydrogen-bond donors (Lipinski definition) is 2. The Balaban J connectivity index is 3.99. The molecule has 0 amide bonds. The Morgan fingerprint density at radius 2 is 1.89 bits per heavy atom. The zero-order valence-electron chi connectivity index (χ0n) is 5.79. The third-order valence-electron chi connectivity index (χ3n) is 0.894. The predicted octanol–water partition coefficient (Wildman–Crippen LogP) is -0.642. The van der Waals surface area contributed by atoms with Crippen molar-refractivity contribution in [1.29, 1.82) is 0 Å². The molecule has 5 heteroatoms. The summed E-state index contributed by atoms with van der Waals surface area (Å²) in [5, 5.41) is 0. The molecule has 0 spiro atoms. The van der Waals surface area contributed by atoms with Gasteiger partial charge >= 0.3 is 0 Å². The normalized spacial score (nSPS) is 11.8. The molecule has 0 aromatic heterocycles. The molecule has 0 saturated heterocycles. The van der Waals surface area contributed by atoms with E-state index in [1.54, 1.807) is 20.9 Å². The van der Waals surface area contributed by atoms with E-state index in [0.717, 1.165) is 4.41 Å². The van der Waals surface area contributed by atoms with Gasteiger partial charge in [0.1, 0.15) is 0 Å². The van der Waals surface area contributed by atoms with Crippen molar-refractivity contribution in [3.63, 3.8) is 0 Å². The maximum atomic E-state index is 10.3. The molecule has 9 heavy (non-hydrogen) atoms. The minimum atomic E-state index is -2.48. The van der Waals surface area contributed by atoms with Gasteiger partial charge < -0.3 is 0 Å². The Labute approximate surface area is 56.9 Å². The van der Waals surface area contributed by atoms with Crippen molar-refractivity contribution in [3.05, 3.63) is 0 Å². The standard InChI is InChI=1S/C4H12N2O2S/c1-4(2)6(5-3)9(7)8/h4-5,9H,1-3H3. The Kier molecular flexibility index (Phi) is 3.76. The van der Waals surface area contributed by atoms with Crippen LogP contribution in [0.25, 0.3) is 0 Å². The first-order chi connectivity index (χ1) is 4.09. The molecule has 0 aliphatic carbocycles. The second kappa shape index (κ2) is 3.81. The van der Waals surface area contributed by atoms with Gasteiger partial charge in [0.05, 0.1) is 0 Å². The summed E-state index contributed by atoms with van der Waals surface area (Å²) in [6, 6.07) is -0.0175. The monoisotopic (exact) mass is 152 g/mol. The molecule has 0 aliphatic heterocycles. The van der Waals surface area contributed by atoms with Crippen molar-refractivity contribution in [3.8, 4) is 0 Å². The van der Waals surface area contributed by atoms with Gasteiger partial charge in [0.25, 0.3) is 0 Å². The fourth-order valence-electron chi connectivity index (χ4n) is 0.528. The highest BCUT2D eigenvalue weighted by molar-refractivity contribution is 7.69. The summed E-state index contributed by atoms with van der Waals surface area (Å²) in [7, 11) is -0.907. The lowest BCUT2D eigenvalue weighted by Crippen LogP contribution is -2.38. The van der Waals surface area contributed by atoms with Crippen LogP contribution in [0, 0.1) is 0 Å². The maximum absolute atomic E-state index is 10.3. The molecule has 0 aliphatic rings. The molecule has 0 radical (unpaired) electrons. The molecule has 0 atom stereocenters. The number of nitrogens with one attached hydrogen (secondary N) is 1. The lowest BCUT2D eigenvalue weighted by Gasteiger charge is -2.16. The number of hydrogen-bond acceptors (Lipinski definition) is 3. The molecule has 0 aromatic rings. The fraction of sp³-hybridized carbons (Fsp3) is 1.00. The molecule has 0 rings (SSSR count). The third kappa shape index (κ3) is 2.78. The van der Waals surface area contributed by atoms with Crippen molar-refractivity contribution >= 4 is 10.9 Å². The van der Waals surface area contributed by atoms with Crippen LogP contribution < -0.4 is 5.43 Å². The van der Waals surface area contributed by atoms with E-state index >= 15 is 0 Å². The minimum Gasteiger partial charge on any atom is -0.245 e. The quantitative estimate of drug-likeness (QED) is 0.417. The zero-order chi connectivity index (χ0) is 7.44. The van der Waals surface area contributed by atoms with Gasteiger partial charge in [-0.05, 0) is 20.9 Å². The Morgan fingerprint density at radius 1 is 1.44 bits per heavy atom. The van der Waals surface area contributed by atoms with E-state index in [1.807, 2.05) is 0 Å². The lowest BCUT2D eigenvalue weighted by molar-refractivity contribution is 0.301. The average Bonchev–Trinajstić information content (AvgIpc) is 1.64. The van der Waals surface area contributed by atoms with Crippen molar-refractivity contribution in [2.45, 2.75) is 19.9 Å². The zero-order valence-corrected chi connectivity index (χ0v) is 6.68. The second-order valence-corrected chi connectivity index (χ2v) is 2.81. The van der Waals surface area contributed by atoms with Crippen molar-refractivity contribution < 1.29 is 8.42 Å². The first-order valence-electron chi connectivity index (χ1n) is 2.70. The van der Waals surface area contributed by atoms with Gasteiger partial charge in [0.15, 0.2) is 0 Å². The summed E-state index contributed by atoms with van der Waals surface area (Å²) in [6.07, 6.45) is 0. The van der Waals surface area contributed by atoms with E-state index in [9.17, 15) is 8.42 Å². The number of rotatable bonds is 3. The minimum absolute atomic E-state index is 0.0175.